The molecule has 2 atom stereocenters. The van der Waals surface area contributed by atoms with Crippen molar-refractivity contribution >= 4 is 29.1 Å². The summed E-state index contributed by atoms with van der Waals surface area (Å²) < 4.78 is 39.8. The van der Waals surface area contributed by atoms with E-state index < -0.39 is 11.9 Å². The zero-order valence-corrected chi connectivity index (χ0v) is 16.3. The van der Waals surface area contributed by atoms with Gasteiger partial charge in [-0.15, -0.1) is 0 Å². The van der Waals surface area contributed by atoms with Gasteiger partial charge in [0.15, 0.2) is 10.8 Å². The molecule has 5 nitrogen and oxygen atoms in total. The molecule has 0 saturated carbocycles. The Bertz CT molecular complexity index is 625. The summed E-state index contributed by atoms with van der Waals surface area (Å²) in [6.45, 7) is 10.2. The molecule has 0 bridgehead atoms. The highest BCUT2D eigenvalue weighted by atomic mass is 32.1. The summed E-state index contributed by atoms with van der Waals surface area (Å²) in [5, 5.41) is 5.84. The number of rotatable bonds is 4. The molecular formula is C17H26F3N5S. The summed E-state index contributed by atoms with van der Waals surface area (Å²) in [5.41, 5.74) is -0.970. The van der Waals surface area contributed by atoms with E-state index in [2.05, 4.69) is 34.4 Å². The molecule has 0 radical (unpaired) electrons. The lowest BCUT2D eigenvalue weighted by Gasteiger charge is -2.36. The lowest BCUT2D eigenvalue weighted by Crippen LogP contribution is -2.39. The van der Waals surface area contributed by atoms with E-state index in [1.807, 2.05) is 18.7 Å². The monoisotopic (exact) mass is 389 g/mol. The van der Waals surface area contributed by atoms with Gasteiger partial charge in [0, 0.05) is 25.7 Å². The van der Waals surface area contributed by atoms with Gasteiger partial charge in [0.1, 0.15) is 5.82 Å². The van der Waals surface area contributed by atoms with E-state index in [-0.39, 0.29) is 16.9 Å². The van der Waals surface area contributed by atoms with Crippen LogP contribution >= 0.6 is 12.2 Å². The molecule has 1 aliphatic rings. The van der Waals surface area contributed by atoms with Gasteiger partial charge in [0.05, 0.1) is 0 Å². The van der Waals surface area contributed by atoms with Gasteiger partial charge in [0.25, 0.3) is 0 Å². The standard InChI is InChI=1S/C17H26F3N5S/c1-10(2)7-21-16(26)24-15-22-13(17(18,19)20)6-14(23-15)25-8-11(3)5-12(4)9-25/h6,10-12H,5,7-9H2,1-4H3,(H2,21,22,23,24,26). The van der Waals surface area contributed by atoms with E-state index in [0.717, 1.165) is 12.5 Å². The topological polar surface area (TPSA) is 53.1 Å². The molecule has 0 aliphatic carbocycles. The maximum absolute atomic E-state index is 13.3. The summed E-state index contributed by atoms with van der Waals surface area (Å²) in [6.07, 6.45) is -3.49. The van der Waals surface area contributed by atoms with Crippen LogP contribution < -0.4 is 15.5 Å². The van der Waals surface area contributed by atoms with Gasteiger partial charge in [0.2, 0.25) is 5.95 Å². The Labute approximate surface area is 157 Å². The Balaban J connectivity index is 2.26. The van der Waals surface area contributed by atoms with Crippen molar-refractivity contribution in [1.29, 1.82) is 0 Å². The number of hydrogen-bond donors (Lipinski definition) is 2. The highest BCUT2D eigenvalue weighted by molar-refractivity contribution is 7.80. The summed E-state index contributed by atoms with van der Waals surface area (Å²) in [5.74, 6) is 1.28. The minimum absolute atomic E-state index is 0.137. The fraction of sp³-hybridized carbons (Fsp3) is 0.706. The Morgan fingerprint density at radius 2 is 1.88 bits per heavy atom. The number of aromatic nitrogens is 2. The van der Waals surface area contributed by atoms with Crippen LogP contribution in [0.5, 0.6) is 0 Å². The maximum Gasteiger partial charge on any atom is 0.433 e. The third kappa shape index (κ3) is 5.96. The molecule has 1 aliphatic heterocycles. The average molecular weight is 389 g/mol. The lowest BCUT2D eigenvalue weighted by molar-refractivity contribution is -0.141. The number of nitrogens with zero attached hydrogens (tertiary/aromatic N) is 3. The van der Waals surface area contributed by atoms with Crippen molar-refractivity contribution in [2.24, 2.45) is 17.8 Å². The molecule has 1 aromatic rings. The summed E-state index contributed by atoms with van der Waals surface area (Å²) in [7, 11) is 0. The van der Waals surface area contributed by atoms with E-state index in [0.29, 0.717) is 37.4 Å². The maximum atomic E-state index is 13.3. The molecule has 146 valence electrons. The zero-order valence-electron chi connectivity index (χ0n) is 15.5. The minimum Gasteiger partial charge on any atom is -0.362 e. The average Bonchev–Trinajstić information content (AvgIpc) is 2.51. The smallest absolute Gasteiger partial charge is 0.362 e. The molecule has 1 aromatic heterocycles. The van der Waals surface area contributed by atoms with Crippen molar-refractivity contribution in [3.05, 3.63) is 11.8 Å². The SMILES string of the molecule is CC(C)CNC(=S)Nc1nc(N2CC(C)CC(C)C2)cc(C(F)(F)F)n1. The Kier molecular flexibility index (Phi) is 6.65. The van der Waals surface area contributed by atoms with Gasteiger partial charge in [-0.25, -0.2) is 4.98 Å². The van der Waals surface area contributed by atoms with Crippen LogP contribution in [0.4, 0.5) is 24.9 Å². The van der Waals surface area contributed by atoms with Crippen molar-refractivity contribution < 1.29 is 13.2 Å². The molecule has 0 amide bonds. The molecule has 2 heterocycles. The largest absolute Gasteiger partial charge is 0.433 e. The molecule has 0 spiro atoms. The second-order valence-corrected chi connectivity index (χ2v) is 7.92. The van der Waals surface area contributed by atoms with E-state index in [9.17, 15) is 13.2 Å². The van der Waals surface area contributed by atoms with Gasteiger partial charge >= 0.3 is 6.18 Å². The molecule has 26 heavy (non-hydrogen) atoms. The first-order valence-electron chi connectivity index (χ1n) is 8.80. The molecule has 9 heteroatoms. The summed E-state index contributed by atoms with van der Waals surface area (Å²) in [4.78, 5) is 9.78. The number of thiocarbonyl (C=S) groups is 1. The Hall–Kier alpha value is -1.64. The zero-order chi connectivity index (χ0) is 19.5. The van der Waals surface area contributed by atoms with Crippen LogP contribution in [0.25, 0.3) is 0 Å². The molecule has 2 rings (SSSR count). The molecular weight excluding hydrogens is 363 g/mol. The van der Waals surface area contributed by atoms with Gasteiger partial charge in [-0.1, -0.05) is 27.7 Å². The number of piperidine rings is 1. The van der Waals surface area contributed by atoms with Gasteiger partial charge < -0.3 is 15.5 Å². The molecule has 2 N–H and O–H groups in total. The first-order valence-corrected chi connectivity index (χ1v) is 9.21. The number of hydrogen-bond acceptors (Lipinski definition) is 4. The second-order valence-electron chi connectivity index (χ2n) is 7.51. The predicted octanol–water partition coefficient (Wildman–Crippen LogP) is 3.92. The molecule has 2 unspecified atom stereocenters. The third-order valence-electron chi connectivity index (χ3n) is 4.09. The normalized spacial score (nSPS) is 21.0. The first kappa shape index (κ1) is 20.7. The fourth-order valence-electron chi connectivity index (χ4n) is 3.09. The number of alkyl halides is 3. The van der Waals surface area contributed by atoms with E-state index >= 15 is 0 Å². The van der Waals surface area contributed by atoms with E-state index in [4.69, 9.17) is 12.2 Å². The predicted molar refractivity (Wildman–Crippen MR) is 101 cm³/mol. The van der Waals surface area contributed by atoms with Gasteiger partial charge in [-0.3, -0.25) is 0 Å². The van der Waals surface area contributed by atoms with Crippen molar-refractivity contribution in [3.8, 4) is 0 Å². The van der Waals surface area contributed by atoms with Crippen LogP contribution in [-0.4, -0.2) is 34.7 Å². The van der Waals surface area contributed by atoms with Gasteiger partial charge in [-0.2, -0.15) is 18.2 Å². The summed E-state index contributed by atoms with van der Waals surface area (Å²) in [6, 6.07) is 1.01. The Morgan fingerprint density at radius 1 is 1.27 bits per heavy atom. The van der Waals surface area contributed by atoms with Crippen molar-refractivity contribution in [2.75, 3.05) is 29.9 Å². The fourth-order valence-corrected chi connectivity index (χ4v) is 3.26. The van der Waals surface area contributed by atoms with Crippen molar-refractivity contribution in [1.82, 2.24) is 15.3 Å². The van der Waals surface area contributed by atoms with Crippen LogP contribution in [0, 0.1) is 17.8 Å². The highest BCUT2D eigenvalue weighted by Gasteiger charge is 2.35. The van der Waals surface area contributed by atoms with Crippen molar-refractivity contribution in [2.45, 2.75) is 40.3 Å². The number of nitrogens with one attached hydrogen (secondary N) is 2. The first-order chi connectivity index (χ1) is 12.0. The van der Waals surface area contributed by atoms with Gasteiger partial charge in [-0.05, 0) is 36.4 Å². The molecule has 1 fully saturated rings. The second kappa shape index (κ2) is 8.37. The minimum atomic E-state index is -4.55. The number of anilines is 2. The van der Waals surface area contributed by atoms with Crippen LogP contribution in [0.1, 0.15) is 39.8 Å². The van der Waals surface area contributed by atoms with Crippen LogP contribution in [0.2, 0.25) is 0 Å². The summed E-state index contributed by atoms with van der Waals surface area (Å²) >= 11 is 5.13. The number of halogens is 3. The van der Waals surface area contributed by atoms with Crippen molar-refractivity contribution in [3.63, 3.8) is 0 Å². The third-order valence-corrected chi connectivity index (χ3v) is 4.34. The van der Waals surface area contributed by atoms with E-state index in [1.54, 1.807) is 0 Å². The lowest BCUT2D eigenvalue weighted by atomic mass is 9.92. The van der Waals surface area contributed by atoms with Crippen LogP contribution in [0.15, 0.2) is 6.07 Å². The van der Waals surface area contributed by atoms with E-state index in [1.165, 1.54) is 0 Å². The highest BCUT2D eigenvalue weighted by Crippen LogP contribution is 2.32. The molecule has 1 saturated heterocycles. The quantitative estimate of drug-likeness (QED) is 0.762. The van der Waals surface area contributed by atoms with Crippen LogP contribution in [-0.2, 0) is 6.18 Å². The van der Waals surface area contributed by atoms with Crippen LogP contribution in [0.3, 0.4) is 0 Å². The Morgan fingerprint density at radius 3 is 2.42 bits per heavy atom. The molecule has 0 aromatic carbocycles.